The summed E-state index contributed by atoms with van der Waals surface area (Å²) in [4.78, 5) is 9.84. The summed E-state index contributed by atoms with van der Waals surface area (Å²) in [6.45, 7) is 10.5. The molecule has 1 atom stereocenters. The van der Waals surface area contributed by atoms with Gasteiger partial charge in [0.15, 0.2) is 0 Å². The smallest absolute Gasteiger partial charge is 0.0792 e. The molecule has 0 saturated heterocycles. The summed E-state index contributed by atoms with van der Waals surface area (Å²) < 4.78 is 0. The Morgan fingerprint density at radius 2 is 1.84 bits per heavy atom. The monoisotopic (exact) mass is 355 g/mol. The average Bonchev–Trinajstić information content (AvgIpc) is 2.82. The highest BCUT2D eigenvalue weighted by atomic mass is 35.5. The molecule has 3 rings (SSSR count). The zero-order valence-corrected chi connectivity index (χ0v) is 16.0. The van der Waals surface area contributed by atoms with Gasteiger partial charge >= 0.3 is 0 Å². The van der Waals surface area contributed by atoms with Crippen LogP contribution in [0, 0.1) is 0 Å². The van der Waals surface area contributed by atoms with Crippen LogP contribution in [-0.2, 0) is 0 Å². The fourth-order valence-electron chi connectivity index (χ4n) is 3.60. The Kier molecular flexibility index (Phi) is 5.77. The quantitative estimate of drug-likeness (QED) is 0.775. The van der Waals surface area contributed by atoms with Gasteiger partial charge in [0.25, 0.3) is 0 Å². The van der Waals surface area contributed by atoms with E-state index < -0.39 is 0 Å². The summed E-state index contributed by atoms with van der Waals surface area (Å²) in [5.74, 6) is 0. The Morgan fingerprint density at radius 3 is 2.52 bits per heavy atom. The molecule has 0 spiro atoms. The molecule has 2 aromatic rings. The maximum atomic E-state index is 6.34. The lowest BCUT2D eigenvalue weighted by molar-refractivity contribution is 0.225. The Bertz CT molecular complexity index is 738. The van der Waals surface area contributed by atoms with E-state index in [4.69, 9.17) is 16.6 Å². The van der Waals surface area contributed by atoms with E-state index in [2.05, 4.69) is 67.0 Å². The van der Waals surface area contributed by atoms with E-state index in [1.54, 1.807) is 0 Å². The van der Waals surface area contributed by atoms with E-state index in [1.165, 1.54) is 5.69 Å². The number of halogens is 1. The molecule has 0 aromatic heterocycles. The van der Waals surface area contributed by atoms with Crippen LogP contribution in [0.1, 0.15) is 31.9 Å². The summed E-state index contributed by atoms with van der Waals surface area (Å²) in [6.07, 6.45) is 0.320. The summed E-state index contributed by atoms with van der Waals surface area (Å²) >= 11 is 6.34. The van der Waals surface area contributed by atoms with Crippen molar-refractivity contribution < 1.29 is 0 Å². The molecule has 3 nitrogen and oxygen atoms in total. The predicted octanol–water partition coefficient (Wildman–Crippen LogP) is 4.69. The Balaban J connectivity index is 2.07. The zero-order chi connectivity index (χ0) is 17.8. The van der Waals surface area contributed by atoms with Gasteiger partial charge in [-0.3, -0.25) is 9.89 Å². The van der Waals surface area contributed by atoms with E-state index in [0.29, 0.717) is 6.17 Å². The van der Waals surface area contributed by atoms with Crippen LogP contribution >= 0.6 is 11.6 Å². The van der Waals surface area contributed by atoms with Crippen molar-refractivity contribution in [3.05, 3.63) is 64.7 Å². The number of hydrogen-bond acceptors (Lipinski definition) is 3. The van der Waals surface area contributed by atoms with E-state index >= 15 is 0 Å². The molecule has 0 saturated carbocycles. The standard InChI is InChI=1S/C21H26ClN3/c1-4-24(5-2)16(3)25-14-13-23-21(17-9-7-6-8-10-17)19-15-18(22)11-12-20(19)25/h6-12,15-16H,4-5,13-14H2,1-3H3. The number of anilines is 1. The largest absolute Gasteiger partial charge is 0.354 e. The Hall–Kier alpha value is -1.84. The predicted molar refractivity (Wildman–Crippen MR) is 108 cm³/mol. The van der Waals surface area contributed by atoms with E-state index in [1.807, 2.05) is 12.1 Å². The third-order valence-electron chi connectivity index (χ3n) is 4.97. The third kappa shape index (κ3) is 3.73. The first-order valence-corrected chi connectivity index (χ1v) is 9.44. The molecule has 1 unspecified atom stereocenters. The molecule has 2 aromatic carbocycles. The number of aliphatic imine (C=N–C) groups is 1. The van der Waals surface area contributed by atoms with Crippen LogP contribution < -0.4 is 4.90 Å². The van der Waals surface area contributed by atoms with Crippen LogP contribution in [0.3, 0.4) is 0 Å². The topological polar surface area (TPSA) is 18.8 Å². The minimum Gasteiger partial charge on any atom is -0.354 e. The second-order valence-corrected chi connectivity index (χ2v) is 6.74. The molecule has 0 bridgehead atoms. The molecule has 4 heteroatoms. The number of benzene rings is 2. The lowest BCUT2D eigenvalue weighted by Crippen LogP contribution is -2.47. The van der Waals surface area contributed by atoms with Crippen molar-refractivity contribution in [2.24, 2.45) is 4.99 Å². The second kappa shape index (κ2) is 8.03. The van der Waals surface area contributed by atoms with Crippen molar-refractivity contribution in [3.63, 3.8) is 0 Å². The first-order valence-electron chi connectivity index (χ1n) is 9.06. The minimum absolute atomic E-state index is 0.320. The number of nitrogens with zero attached hydrogens (tertiary/aromatic N) is 3. The van der Waals surface area contributed by atoms with Crippen molar-refractivity contribution in [1.29, 1.82) is 0 Å². The van der Waals surface area contributed by atoms with Gasteiger partial charge in [0.1, 0.15) is 0 Å². The summed E-state index contributed by atoms with van der Waals surface area (Å²) in [5.41, 5.74) is 4.51. The molecule has 1 aliphatic rings. The summed E-state index contributed by atoms with van der Waals surface area (Å²) in [6, 6.07) is 16.6. The van der Waals surface area contributed by atoms with Crippen molar-refractivity contribution >= 4 is 23.0 Å². The fraction of sp³-hybridized carbons (Fsp3) is 0.381. The minimum atomic E-state index is 0.320. The first kappa shape index (κ1) is 18.0. The van der Waals surface area contributed by atoms with Crippen LogP contribution in [0.5, 0.6) is 0 Å². The van der Waals surface area contributed by atoms with Crippen molar-refractivity contribution in [2.75, 3.05) is 31.1 Å². The van der Waals surface area contributed by atoms with E-state index in [-0.39, 0.29) is 0 Å². The van der Waals surface area contributed by atoms with Gasteiger partial charge in [-0.25, -0.2) is 0 Å². The molecule has 0 amide bonds. The number of rotatable bonds is 5. The van der Waals surface area contributed by atoms with Crippen LogP contribution in [0.15, 0.2) is 53.5 Å². The second-order valence-electron chi connectivity index (χ2n) is 6.30. The zero-order valence-electron chi connectivity index (χ0n) is 15.2. The maximum absolute atomic E-state index is 6.34. The van der Waals surface area contributed by atoms with Gasteiger partial charge in [-0.15, -0.1) is 0 Å². The van der Waals surface area contributed by atoms with Gasteiger partial charge in [0.05, 0.1) is 18.4 Å². The van der Waals surface area contributed by atoms with Gasteiger partial charge in [0, 0.05) is 28.4 Å². The molecule has 0 N–H and O–H groups in total. The SMILES string of the molecule is CCN(CC)C(C)N1CCN=C(c2ccccc2)c2cc(Cl)ccc21. The van der Waals surface area contributed by atoms with Gasteiger partial charge in [0.2, 0.25) is 0 Å². The van der Waals surface area contributed by atoms with Gasteiger partial charge in [-0.2, -0.15) is 0 Å². The molecule has 25 heavy (non-hydrogen) atoms. The Morgan fingerprint density at radius 1 is 1.12 bits per heavy atom. The lowest BCUT2D eigenvalue weighted by atomic mass is 10.00. The van der Waals surface area contributed by atoms with Gasteiger partial charge in [-0.1, -0.05) is 55.8 Å². The van der Waals surface area contributed by atoms with Gasteiger partial charge in [-0.05, 0) is 38.2 Å². The molecular weight excluding hydrogens is 330 g/mol. The third-order valence-corrected chi connectivity index (χ3v) is 5.21. The molecule has 0 fully saturated rings. The highest BCUT2D eigenvalue weighted by molar-refractivity contribution is 6.31. The normalized spacial score (nSPS) is 15.6. The maximum Gasteiger partial charge on any atom is 0.0792 e. The fourth-order valence-corrected chi connectivity index (χ4v) is 3.78. The average molecular weight is 356 g/mol. The van der Waals surface area contributed by atoms with Crippen LogP contribution in [0.25, 0.3) is 0 Å². The van der Waals surface area contributed by atoms with Crippen molar-refractivity contribution in [3.8, 4) is 0 Å². The van der Waals surface area contributed by atoms with E-state index in [0.717, 1.165) is 48.0 Å². The highest BCUT2D eigenvalue weighted by Gasteiger charge is 2.25. The summed E-state index contributed by atoms with van der Waals surface area (Å²) in [7, 11) is 0. The molecule has 0 aliphatic carbocycles. The first-order chi connectivity index (χ1) is 12.2. The number of benzodiazepines with no additional fused rings is 1. The van der Waals surface area contributed by atoms with Crippen LogP contribution in [-0.4, -0.2) is 43.0 Å². The van der Waals surface area contributed by atoms with Crippen molar-refractivity contribution in [1.82, 2.24) is 4.90 Å². The molecule has 0 radical (unpaired) electrons. The van der Waals surface area contributed by atoms with Crippen molar-refractivity contribution in [2.45, 2.75) is 26.9 Å². The van der Waals surface area contributed by atoms with E-state index in [9.17, 15) is 0 Å². The van der Waals surface area contributed by atoms with Gasteiger partial charge < -0.3 is 4.90 Å². The summed E-state index contributed by atoms with van der Waals surface area (Å²) in [5, 5.41) is 0.750. The molecule has 1 heterocycles. The highest BCUT2D eigenvalue weighted by Crippen LogP contribution is 2.31. The molecule has 1 aliphatic heterocycles. The Labute approximate surface area is 155 Å². The number of hydrogen-bond donors (Lipinski definition) is 0. The molecule has 132 valence electrons. The number of fused-ring (bicyclic) bond motifs is 1. The molecular formula is C21H26ClN3. The van der Waals surface area contributed by atoms with Crippen LogP contribution in [0.4, 0.5) is 5.69 Å². The van der Waals surface area contributed by atoms with Crippen LogP contribution in [0.2, 0.25) is 5.02 Å². The lowest BCUT2D eigenvalue weighted by Gasteiger charge is -2.38.